The van der Waals surface area contributed by atoms with Crippen molar-refractivity contribution in [3.63, 3.8) is 0 Å². The molecule has 2 amide bonds. The predicted molar refractivity (Wildman–Crippen MR) is 92.3 cm³/mol. The zero-order valence-corrected chi connectivity index (χ0v) is 14.4. The van der Waals surface area contributed by atoms with Crippen molar-refractivity contribution in [3.8, 4) is 5.75 Å². The molecule has 0 radical (unpaired) electrons. The van der Waals surface area contributed by atoms with E-state index in [-0.39, 0.29) is 24.1 Å². The number of aromatic nitrogens is 2. The first-order valence-electron chi connectivity index (χ1n) is 7.08. The Bertz CT molecular complexity index is 766. The molecule has 0 saturated heterocycles. The summed E-state index contributed by atoms with van der Waals surface area (Å²) in [7, 11) is 1.54. The molecule has 1 aliphatic rings. The van der Waals surface area contributed by atoms with Crippen LogP contribution >= 0.6 is 23.1 Å². The zero-order valence-electron chi connectivity index (χ0n) is 12.8. The van der Waals surface area contributed by atoms with Gasteiger partial charge in [-0.25, -0.2) is 0 Å². The number of fused-ring (bicyclic) bond motifs is 1. The van der Waals surface area contributed by atoms with E-state index in [0.717, 1.165) is 0 Å². The van der Waals surface area contributed by atoms with Crippen molar-refractivity contribution in [1.82, 2.24) is 15.5 Å². The smallest absolute Gasteiger partial charge is 0.262 e. The molecule has 10 heteroatoms. The Labute approximate surface area is 146 Å². The highest BCUT2D eigenvalue weighted by Crippen LogP contribution is 2.34. The fraction of sp³-hybridized carbons (Fsp3) is 0.286. The molecule has 3 N–H and O–H groups in total. The molecule has 0 fully saturated rings. The molecular weight excluding hydrogens is 350 g/mol. The van der Waals surface area contributed by atoms with Gasteiger partial charge in [0, 0.05) is 7.05 Å². The zero-order chi connectivity index (χ0) is 17.1. The number of likely N-dealkylation sites (N-methyl/N-ethyl adjacent to an activating group) is 1. The fourth-order valence-corrected chi connectivity index (χ4v) is 3.76. The van der Waals surface area contributed by atoms with Crippen LogP contribution in [0.15, 0.2) is 28.6 Å². The molecule has 1 atom stereocenters. The number of nitrogens with one attached hydrogen (secondary N) is 1. The number of amides is 2. The van der Waals surface area contributed by atoms with Crippen LogP contribution in [0.4, 0.5) is 10.8 Å². The number of ether oxygens (including phenoxy) is 1. The van der Waals surface area contributed by atoms with Crippen molar-refractivity contribution in [2.45, 2.75) is 10.4 Å². The van der Waals surface area contributed by atoms with E-state index in [1.807, 2.05) is 6.07 Å². The maximum absolute atomic E-state index is 12.6. The van der Waals surface area contributed by atoms with E-state index in [0.29, 0.717) is 20.9 Å². The normalized spacial score (nSPS) is 16.2. The summed E-state index contributed by atoms with van der Waals surface area (Å²) < 4.78 is 6.31. The van der Waals surface area contributed by atoms with Gasteiger partial charge in [0.25, 0.3) is 5.91 Å². The lowest BCUT2D eigenvalue weighted by Crippen LogP contribution is -2.50. The van der Waals surface area contributed by atoms with Gasteiger partial charge < -0.3 is 20.7 Å². The van der Waals surface area contributed by atoms with Gasteiger partial charge in [0.15, 0.2) is 10.4 Å². The van der Waals surface area contributed by atoms with Gasteiger partial charge in [0.2, 0.25) is 11.0 Å². The molecule has 1 aromatic heterocycles. The number of para-hydroxylation sites is 2. The second-order valence-electron chi connectivity index (χ2n) is 4.89. The summed E-state index contributed by atoms with van der Waals surface area (Å²) in [6.45, 7) is 0.161. The van der Waals surface area contributed by atoms with Crippen LogP contribution in [-0.2, 0) is 9.59 Å². The minimum Gasteiger partial charge on any atom is -0.477 e. The lowest BCUT2D eigenvalue weighted by atomic mass is 10.2. The van der Waals surface area contributed by atoms with E-state index in [1.165, 1.54) is 30.1 Å². The average Bonchev–Trinajstić information content (AvgIpc) is 3.03. The molecule has 0 saturated carbocycles. The number of anilines is 2. The van der Waals surface area contributed by atoms with Crippen LogP contribution in [-0.4, -0.2) is 47.5 Å². The van der Waals surface area contributed by atoms with E-state index in [4.69, 9.17) is 10.5 Å². The molecular formula is C14H15N5O3S2. The summed E-state index contributed by atoms with van der Waals surface area (Å²) >= 11 is 2.50. The lowest BCUT2D eigenvalue weighted by Gasteiger charge is -2.33. The Morgan fingerprint density at radius 1 is 1.46 bits per heavy atom. The van der Waals surface area contributed by atoms with E-state index < -0.39 is 6.10 Å². The molecule has 2 aromatic rings. The third-order valence-electron chi connectivity index (χ3n) is 3.35. The molecule has 0 spiro atoms. The van der Waals surface area contributed by atoms with Gasteiger partial charge in [0.05, 0.1) is 18.0 Å². The number of nitrogens with two attached hydrogens (primary N) is 1. The Balaban J connectivity index is 1.76. The molecule has 24 heavy (non-hydrogen) atoms. The van der Waals surface area contributed by atoms with E-state index >= 15 is 0 Å². The number of hydrogen-bond acceptors (Lipinski definition) is 8. The van der Waals surface area contributed by atoms with E-state index in [9.17, 15) is 9.59 Å². The summed E-state index contributed by atoms with van der Waals surface area (Å²) in [6.07, 6.45) is -0.740. The summed E-state index contributed by atoms with van der Waals surface area (Å²) in [6, 6.07) is 7.15. The van der Waals surface area contributed by atoms with Crippen LogP contribution in [0, 0.1) is 0 Å². The molecule has 2 heterocycles. The van der Waals surface area contributed by atoms with Gasteiger partial charge in [0.1, 0.15) is 5.75 Å². The number of nitrogen functional groups attached to an aromatic ring is 1. The third kappa shape index (κ3) is 3.44. The average molecular weight is 365 g/mol. The second kappa shape index (κ2) is 7.05. The van der Waals surface area contributed by atoms with Crippen LogP contribution in [0.3, 0.4) is 0 Å². The summed E-state index contributed by atoms with van der Waals surface area (Å²) in [5.41, 5.74) is 6.19. The number of thioether (sulfide) groups is 1. The molecule has 1 aromatic carbocycles. The Morgan fingerprint density at radius 2 is 2.25 bits per heavy atom. The van der Waals surface area contributed by atoms with Gasteiger partial charge in [-0.15, -0.1) is 10.2 Å². The second-order valence-corrected chi connectivity index (χ2v) is 7.12. The standard InChI is InChI=1S/C14H15N5O3S2/c1-16-12(21)10-6-19(8-4-2-3-5-9(8)22-10)11(20)7-23-14-18-17-13(15)24-14/h2-5,10H,6-7H2,1H3,(H2,15,17)(H,16,21). The highest BCUT2D eigenvalue weighted by molar-refractivity contribution is 8.01. The first kappa shape index (κ1) is 16.5. The van der Waals surface area contributed by atoms with Crippen molar-refractivity contribution in [1.29, 1.82) is 0 Å². The monoisotopic (exact) mass is 365 g/mol. The first-order chi connectivity index (χ1) is 11.6. The van der Waals surface area contributed by atoms with Crippen LogP contribution in [0.2, 0.25) is 0 Å². The number of benzene rings is 1. The fourth-order valence-electron chi connectivity index (χ4n) is 2.25. The van der Waals surface area contributed by atoms with Crippen molar-refractivity contribution in [2.75, 3.05) is 30.0 Å². The largest absolute Gasteiger partial charge is 0.477 e. The van der Waals surface area contributed by atoms with Crippen LogP contribution in [0.25, 0.3) is 0 Å². The molecule has 0 bridgehead atoms. The number of hydrogen-bond donors (Lipinski definition) is 2. The van der Waals surface area contributed by atoms with E-state index in [1.54, 1.807) is 23.1 Å². The van der Waals surface area contributed by atoms with E-state index in [2.05, 4.69) is 15.5 Å². The Morgan fingerprint density at radius 3 is 2.96 bits per heavy atom. The minimum atomic E-state index is -0.740. The highest BCUT2D eigenvalue weighted by atomic mass is 32.2. The third-order valence-corrected chi connectivity index (χ3v) is 5.23. The van der Waals surface area contributed by atoms with Gasteiger partial charge in [-0.2, -0.15) is 0 Å². The van der Waals surface area contributed by atoms with Crippen molar-refractivity contribution < 1.29 is 14.3 Å². The topological polar surface area (TPSA) is 110 Å². The molecule has 0 aliphatic carbocycles. The maximum Gasteiger partial charge on any atom is 0.262 e. The number of carbonyl (C=O) groups excluding carboxylic acids is 2. The predicted octanol–water partition coefficient (Wildman–Crippen LogP) is 0.753. The summed E-state index contributed by atoms with van der Waals surface area (Å²) in [5, 5.41) is 10.5. The van der Waals surface area contributed by atoms with Gasteiger partial charge in [-0.05, 0) is 12.1 Å². The summed E-state index contributed by atoms with van der Waals surface area (Å²) in [5.74, 6) is 0.268. The van der Waals surface area contributed by atoms with Gasteiger partial charge in [-0.1, -0.05) is 35.2 Å². The number of nitrogens with zero attached hydrogens (tertiary/aromatic N) is 3. The Hall–Kier alpha value is -2.33. The maximum atomic E-state index is 12.6. The minimum absolute atomic E-state index is 0.140. The van der Waals surface area contributed by atoms with Gasteiger partial charge >= 0.3 is 0 Å². The molecule has 8 nitrogen and oxygen atoms in total. The quantitative estimate of drug-likeness (QED) is 0.769. The Kier molecular flexibility index (Phi) is 4.86. The SMILES string of the molecule is CNC(=O)C1CN(C(=O)CSc2nnc(N)s2)c2ccccc2O1. The van der Waals surface area contributed by atoms with Crippen molar-refractivity contribution in [3.05, 3.63) is 24.3 Å². The van der Waals surface area contributed by atoms with Crippen molar-refractivity contribution >= 4 is 45.7 Å². The molecule has 1 unspecified atom stereocenters. The van der Waals surface area contributed by atoms with Crippen LogP contribution in [0.5, 0.6) is 5.75 Å². The number of rotatable bonds is 4. The molecule has 1 aliphatic heterocycles. The molecule has 3 rings (SSSR count). The lowest BCUT2D eigenvalue weighted by molar-refractivity contribution is -0.127. The van der Waals surface area contributed by atoms with Crippen LogP contribution < -0.4 is 20.7 Å². The first-order valence-corrected chi connectivity index (χ1v) is 8.88. The highest BCUT2D eigenvalue weighted by Gasteiger charge is 2.33. The van der Waals surface area contributed by atoms with Gasteiger partial charge in [-0.3, -0.25) is 9.59 Å². The van der Waals surface area contributed by atoms with Crippen molar-refractivity contribution in [2.24, 2.45) is 0 Å². The van der Waals surface area contributed by atoms with Crippen LogP contribution in [0.1, 0.15) is 0 Å². The number of carbonyl (C=O) groups is 2. The summed E-state index contributed by atoms with van der Waals surface area (Å²) in [4.78, 5) is 26.1. The molecule has 126 valence electrons.